The molecule has 2 N–H and O–H groups in total. The number of rotatable bonds is 8. The van der Waals surface area contributed by atoms with Crippen LogP contribution in [0, 0.1) is 0 Å². The molecule has 1 heterocycles. The van der Waals surface area contributed by atoms with Crippen LogP contribution in [0.25, 0.3) is 0 Å². The summed E-state index contributed by atoms with van der Waals surface area (Å²) in [6.07, 6.45) is 3.82. The minimum Gasteiger partial charge on any atom is -0.355 e. The Bertz CT molecular complexity index is 362. The molecule has 18 heavy (non-hydrogen) atoms. The molecule has 0 spiro atoms. The van der Waals surface area contributed by atoms with Crippen LogP contribution in [0.3, 0.4) is 0 Å². The first kappa shape index (κ1) is 14.7. The zero-order valence-electron chi connectivity index (χ0n) is 11.6. The highest BCUT2D eigenvalue weighted by Crippen LogP contribution is 2.00. The second-order valence-electron chi connectivity index (χ2n) is 4.44. The van der Waals surface area contributed by atoms with Gasteiger partial charge in [0, 0.05) is 25.8 Å². The van der Waals surface area contributed by atoms with Gasteiger partial charge < -0.3 is 10.6 Å². The molecule has 0 aliphatic heterocycles. The number of amides is 1. The number of aryl methyl sites for hydroxylation is 1. The molecule has 0 aliphatic carbocycles. The molecule has 0 aromatic carbocycles. The van der Waals surface area contributed by atoms with Gasteiger partial charge in [0.25, 0.3) is 0 Å². The topological polar surface area (TPSA) is 59.0 Å². The van der Waals surface area contributed by atoms with E-state index in [2.05, 4.69) is 22.7 Å². The van der Waals surface area contributed by atoms with Gasteiger partial charge in [0.05, 0.1) is 11.7 Å². The number of carbonyl (C=O) groups excluding carboxylic acids is 1. The Morgan fingerprint density at radius 3 is 2.89 bits per heavy atom. The Morgan fingerprint density at radius 1 is 1.44 bits per heavy atom. The van der Waals surface area contributed by atoms with Crippen LogP contribution >= 0.6 is 0 Å². The molecule has 102 valence electrons. The standard InChI is InChI=1S/C13H24N4O/c1-4-7-14-13(18)11(3)15-10-12-6-8-16-17(12)9-5-2/h6,8,11,15H,4-5,7,9-10H2,1-3H3,(H,14,18). The van der Waals surface area contributed by atoms with Gasteiger partial charge in [-0.2, -0.15) is 5.10 Å². The van der Waals surface area contributed by atoms with Gasteiger partial charge in [-0.3, -0.25) is 9.48 Å². The first-order chi connectivity index (χ1) is 8.69. The fourth-order valence-corrected chi connectivity index (χ4v) is 1.68. The second kappa shape index (κ2) is 7.87. The summed E-state index contributed by atoms with van der Waals surface area (Å²) in [5.41, 5.74) is 1.12. The molecule has 0 fully saturated rings. The van der Waals surface area contributed by atoms with Crippen molar-refractivity contribution in [1.29, 1.82) is 0 Å². The number of nitrogens with zero attached hydrogens (tertiary/aromatic N) is 2. The van der Waals surface area contributed by atoms with Gasteiger partial charge in [0.1, 0.15) is 0 Å². The Hall–Kier alpha value is -1.36. The molecule has 1 rings (SSSR count). The zero-order valence-corrected chi connectivity index (χ0v) is 11.6. The molecule has 5 heteroatoms. The lowest BCUT2D eigenvalue weighted by atomic mass is 10.3. The normalized spacial score (nSPS) is 12.4. The molecule has 1 unspecified atom stereocenters. The van der Waals surface area contributed by atoms with Crippen molar-refractivity contribution in [2.75, 3.05) is 6.54 Å². The van der Waals surface area contributed by atoms with Crippen LogP contribution < -0.4 is 10.6 Å². The fourth-order valence-electron chi connectivity index (χ4n) is 1.68. The van der Waals surface area contributed by atoms with E-state index in [0.717, 1.165) is 31.6 Å². The highest BCUT2D eigenvalue weighted by molar-refractivity contribution is 5.81. The van der Waals surface area contributed by atoms with Gasteiger partial charge in [0.15, 0.2) is 0 Å². The van der Waals surface area contributed by atoms with Gasteiger partial charge in [-0.05, 0) is 25.8 Å². The maximum atomic E-state index is 11.7. The van der Waals surface area contributed by atoms with Crippen molar-refractivity contribution in [3.05, 3.63) is 18.0 Å². The summed E-state index contributed by atoms with van der Waals surface area (Å²) in [6.45, 7) is 8.37. The zero-order chi connectivity index (χ0) is 13.4. The quantitative estimate of drug-likeness (QED) is 0.733. The van der Waals surface area contributed by atoms with Crippen molar-refractivity contribution in [1.82, 2.24) is 20.4 Å². The largest absolute Gasteiger partial charge is 0.355 e. The molecular formula is C13H24N4O. The van der Waals surface area contributed by atoms with Crippen molar-refractivity contribution in [2.24, 2.45) is 0 Å². The molecule has 1 aromatic rings. The first-order valence-corrected chi connectivity index (χ1v) is 6.70. The summed E-state index contributed by atoms with van der Waals surface area (Å²) in [6, 6.07) is 1.81. The van der Waals surface area contributed by atoms with Crippen molar-refractivity contribution < 1.29 is 4.79 Å². The summed E-state index contributed by atoms with van der Waals surface area (Å²) in [7, 11) is 0. The lowest BCUT2D eigenvalue weighted by molar-refractivity contribution is -0.122. The van der Waals surface area contributed by atoms with E-state index >= 15 is 0 Å². The average Bonchev–Trinajstić information content (AvgIpc) is 2.81. The van der Waals surface area contributed by atoms with E-state index in [-0.39, 0.29) is 11.9 Å². The van der Waals surface area contributed by atoms with E-state index in [4.69, 9.17) is 0 Å². The molecule has 1 amide bonds. The summed E-state index contributed by atoms with van der Waals surface area (Å²) >= 11 is 0. The van der Waals surface area contributed by atoms with Gasteiger partial charge in [-0.15, -0.1) is 0 Å². The summed E-state index contributed by atoms with van der Waals surface area (Å²) in [4.78, 5) is 11.7. The van der Waals surface area contributed by atoms with Crippen LogP contribution in [-0.2, 0) is 17.9 Å². The monoisotopic (exact) mass is 252 g/mol. The molecule has 0 saturated carbocycles. The molecule has 1 atom stereocenters. The highest BCUT2D eigenvalue weighted by Gasteiger charge is 2.12. The Kier molecular flexibility index (Phi) is 6.43. The van der Waals surface area contributed by atoms with Crippen molar-refractivity contribution in [3.63, 3.8) is 0 Å². The third-order valence-corrected chi connectivity index (χ3v) is 2.77. The first-order valence-electron chi connectivity index (χ1n) is 6.70. The highest BCUT2D eigenvalue weighted by atomic mass is 16.2. The van der Waals surface area contributed by atoms with Crippen LogP contribution in [0.1, 0.15) is 39.3 Å². The summed E-state index contributed by atoms with van der Waals surface area (Å²) < 4.78 is 1.98. The maximum Gasteiger partial charge on any atom is 0.236 e. The van der Waals surface area contributed by atoms with Crippen LogP contribution in [-0.4, -0.2) is 28.3 Å². The number of aromatic nitrogens is 2. The lowest BCUT2D eigenvalue weighted by Gasteiger charge is -2.14. The van der Waals surface area contributed by atoms with E-state index < -0.39 is 0 Å². The van der Waals surface area contributed by atoms with E-state index in [1.54, 1.807) is 6.20 Å². The van der Waals surface area contributed by atoms with Crippen LogP contribution in [0.2, 0.25) is 0 Å². The number of hydrogen-bond donors (Lipinski definition) is 2. The Balaban J connectivity index is 2.39. The van der Waals surface area contributed by atoms with E-state index in [0.29, 0.717) is 6.54 Å². The molecule has 1 aromatic heterocycles. The maximum absolute atomic E-state index is 11.7. The smallest absolute Gasteiger partial charge is 0.236 e. The Labute approximate surface area is 109 Å². The second-order valence-corrected chi connectivity index (χ2v) is 4.44. The predicted molar refractivity (Wildman–Crippen MR) is 72.1 cm³/mol. The molecule has 0 bridgehead atoms. The van der Waals surface area contributed by atoms with Gasteiger partial charge in [0.2, 0.25) is 5.91 Å². The summed E-state index contributed by atoms with van der Waals surface area (Å²) in [5.74, 6) is 0.0541. The van der Waals surface area contributed by atoms with Gasteiger partial charge in [-0.25, -0.2) is 0 Å². The number of nitrogens with one attached hydrogen (secondary N) is 2. The number of hydrogen-bond acceptors (Lipinski definition) is 3. The van der Waals surface area contributed by atoms with Crippen LogP contribution in [0.5, 0.6) is 0 Å². The minimum absolute atomic E-state index is 0.0541. The van der Waals surface area contributed by atoms with E-state index in [9.17, 15) is 4.79 Å². The number of carbonyl (C=O) groups is 1. The van der Waals surface area contributed by atoms with Crippen LogP contribution in [0.15, 0.2) is 12.3 Å². The third-order valence-electron chi connectivity index (χ3n) is 2.77. The molecular weight excluding hydrogens is 228 g/mol. The van der Waals surface area contributed by atoms with Gasteiger partial charge >= 0.3 is 0 Å². The third kappa shape index (κ3) is 4.49. The molecule has 5 nitrogen and oxygen atoms in total. The minimum atomic E-state index is -0.179. The van der Waals surface area contributed by atoms with Gasteiger partial charge in [-0.1, -0.05) is 13.8 Å². The molecule has 0 saturated heterocycles. The molecule has 0 radical (unpaired) electrons. The van der Waals surface area contributed by atoms with E-state index in [1.165, 1.54) is 0 Å². The van der Waals surface area contributed by atoms with Crippen LogP contribution in [0.4, 0.5) is 0 Å². The van der Waals surface area contributed by atoms with E-state index in [1.807, 2.05) is 24.6 Å². The van der Waals surface area contributed by atoms with Crippen molar-refractivity contribution in [2.45, 2.75) is 52.7 Å². The Morgan fingerprint density at radius 2 is 2.22 bits per heavy atom. The average molecular weight is 252 g/mol. The van der Waals surface area contributed by atoms with Crippen molar-refractivity contribution >= 4 is 5.91 Å². The predicted octanol–water partition coefficient (Wildman–Crippen LogP) is 1.30. The fraction of sp³-hybridized carbons (Fsp3) is 0.692. The summed E-state index contributed by atoms with van der Waals surface area (Å²) in [5, 5.41) is 10.4. The SMILES string of the molecule is CCCNC(=O)C(C)NCc1ccnn1CCC. The lowest BCUT2D eigenvalue weighted by Crippen LogP contribution is -2.42. The molecule has 0 aliphatic rings. The van der Waals surface area contributed by atoms with Crippen molar-refractivity contribution in [3.8, 4) is 0 Å².